The van der Waals surface area contributed by atoms with E-state index in [1.807, 2.05) is 24.5 Å². The molecule has 0 aliphatic heterocycles. The largest absolute Gasteiger partial charge is 2.00 e. The summed E-state index contributed by atoms with van der Waals surface area (Å²) in [7, 11) is 0. The number of hydrogen-bond acceptors (Lipinski definition) is 3. The van der Waals surface area contributed by atoms with E-state index in [1.165, 1.54) is 16.7 Å². The summed E-state index contributed by atoms with van der Waals surface area (Å²) >= 11 is 0. The molecule has 230 valence electrons. The van der Waals surface area contributed by atoms with Crippen molar-refractivity contribution < 1.29 is 21.1 Å². The summed E-state index contributed by atoms with van der Waals surface area (Å²) in [6.45, 7) is 6.49. The smallest absolute Gasteiger partial charge is 0.346 e. The second-order valence-corrected chi connectivity index (χ2v) is 11.6. The van der Waals surface area contributed by atoms with Crippen LogP contribution in [0.2, 0.25) is 0 Å². The number of aryl methyl sites for hydroxylation is 3. The van der Waals surface area contributed by atoms with Crippen LogP contribution in [0.5, 0.6) is 0 Å². The number of nitrogens with zero attached hydrogens (tertiary/aromatic N) is 3. The quantitative estimate of drug-likeness (QED) is 0.151. The third-order valence-corrected chi connectivity index (χ3v) is 8.19. The zero-order valence-electron chi connectivity index (χ0n) is 26.5. The van der Waals surface area contributed by atoms with Crippen molar-refractivity contribution in [2.75, 3.05) is 4.90 Å². The summed E-state index contributed by atoms with van der Waals surface area (Å²) in [6, 6.07) is 53.6. The molecule has 0 unspecified atom stereocenters. The monoisotopic (exact) mass is 786 g/mol. The molecule has 47 heavy (non-hydrogen) atoms. The number of anilines is 3. The number of benzene rings is 5. The Morgan fingerprint density at radius 2 is 0.915 bits per heavy atom. The Hall–Kier alpha value is -5.11. The summed E-state index contributed by atoms with van der Waals surface area (Å²) in [5.41, 5.74) is 14.7. The third kappa shape index (κ3) is 6.87. The van der Waals surface area contributed by atoms with Crippen molar-refractivity contribution in [1.29, 1.82) is 0 Å². The fraction of sp³-hybridized carbons (Fsp3) is 0.0698. The number of pyridine rings is 2. The Labute approximate surface area is 291 Å². The Morgan fingerprint density at radius 1 is 0.468 bits per heavy atom. The topological polar surface area (TPSA) is 29.0 Å². The van der Waals surface area contributed by atoms with Crippen LogP contribution in [0, 0.1) is 32.9 Å². The van der Waals surface area contributed by atoms with Gasteiger partial charge in [0.1, 0.15) is 0 Å². The Balaban J connectivity index is 0.00000386. The van der Waals surface area contributed by atoms with Crippen LogP contribution in [0.25, 0.3) is 44.8 Å². The van der Waals surface area contributed by atoms with Gasteiger partial charge in [-0.25, -0.2) is 0 Å². The number of hydrogen-bond donors (Lipinski definition) is 0. The van der Waals surface area contributed by atoms with Crippen LogP contribution in [0.1, 0.15) is 16.7 Å². The molecule has 0 atom stereocenters. The van der Waals surface area contributed by atoms with Crippen LogP contribution in [0.3, 0.4) is 0 Å². The summed E-state index contributed by atoms with van der Waals surface area (Å²) in [5, 5.41) is 0. The molecule has 0 amide bonds. The van der Waals surface area contributed by atoms with Gasteiger partial charge in [-0.15, -0.1) is 59.7 Å². The van der Waals surface area contributed by atoms with Gasteiger partial charge in [-0.05, 0) is 89.0 Å². The predicted octanol–water partition coefficient (Wildman–Crippen LogP) is 11.1. The van der Waals surface area contributed by atoms with E-state index in [9.17, 15) is 0 Å². The molecule has 7 rings (SSSR count). The summed E-state index contributed by atoms with van der Waals surface area (Å²) < 4.78 is 0. The van der Waals surface area contributed by atoms with Gasteiger partial charge >= 0.3 is 21.1 Å². The Bertz CT molecular complexity index is 1990. The van der Waals surface area contributed by atoms with Crippen molar-refractivity contribution in [2.45, 2.75) is 20.8 Å². The van der Waals surface area contributed by atoms with E-state index < -0.39 is 0 Å². The molecule has 0 aliphatic carbocycles. The Morgan fingerprint density at radius 3 is 1.36 bits per heavy atom. The van der Waals surface area contributed by atoms with Gasteiger partial charge in [0, 0.05) is 18.1 Å². The molecular weight excluding hydrogens is 754 g/mol. The van der Waals surface area contributed by atoms with Crippen LogP contribution in [0.4, 0.5) is 17.1 Å². The minimum atomic E-state index is 0. The molecule has 7 aromatic rings. The second-order valence-electron chi connectivity index (χ2n) is 11.6. The maximum Gasteiger partial charge on any atom is 2.00 e. The predicted molar refractivity (Wildman–Crippen MR) is 190 cm³/mol. The molecule has 2 heterocycles. The van der Waals surface area contributed by atoms with Crippen LogP contribution >= 0.6 is 0 Å². The van der Waals surface area contributed by atoms with Crippen LogP contribution in [-0.2, 0) is 21.1 Å². The van der Waals surface area contributed by atoms with Crippen LogP contribution in [-0.4, -0.2) is 9.97 Å². The zero-order valence-corrected chi connectivity index (χ0v) is 28.8. The van der Waals surface area contributed by atoms with Gasteiger partial charge in [0.15, 0.2) is 0 Å². The van der Waals surface area contributed by atoms with E-state index in [0.717, 1.165) is 61.8 Å². The summed E-state index contributed by atoms with van der Waals surface area (Å²) in [5.74, 6) is 0. The molecule has 3 nitrogen and oxygen atoms in total. The van der Waals surface area contributed by atoms with Gasteiger partial charge in [-0.3, -0.25) is 0 Å². The normalized spacial score (nSPS) is 10.7. The van der Waals surface area contributed by atoms with Gasteiger partial charge in [-0.1, -0.05) is 90.5 Å². The van der Waals surface area contributed by atoms with Gasteiger partial charge < -0.3 is 14.9 Å². The van der Waals surface area contributed by atoms with Crippen molar-refractivity contribution in [2.24, 2.45) is 0 Å². The minimum Gasteiger partial charge on any atom is -0.346 e. The first-order chi connectivity index (χ1) is 22.5. The van der Waals surface area contributed by atoms with Gasteiger partial charge in [0.2, 0.25) is 0 Å². The molecule has 0 saturated heterocycles. The number of aromatic nitrogens is 2. The van der Waals surface area contributed by atoms with Crippen molar-refractivity contribution >= 4 is 17.1 Å². The zero-order chi connectivity index (χ0) is 31.5. The van der Waals surface area contributed by atoms with Crippen LogP contribution in [0.15, 0.2) is 146 Å². The summed E-state index contributed by atoms with van der Waals surface area (Å²) in [6.07, 6.45) is 3.75. The first kappa shape index (κ1) is 31.9. The fourth-order valence-electron chi connectivity index (χ4n) is 6.15. The van der Waals surface area contributed by atoms with Gasteiger partial charge in [-0.2, -0.15) is 0 Å². The van der Waals surface area contributed by atoms with Gasteiger partial charge in [0.25, 0.3) is 0 Å². The molecule has 0 fully saturated rings. The molecule has 0 saturated carbocycles. The first-order valence-corrected chi connectivity index (χ1v) is 15.5. The maximum atomic E-state index is 4.75. The second kappa shape index (κ2) is 14.1. The first-order valence-electron chi connectivity index (χ1n) is 15.5. The molecule has 0 N–H and O–H groups in total. The summed E-state index contributed by atoms with van der Waals surface area (Å²) in [4.78, 5) is 11.8. The van der Waals surface area contributed by atoms with E-state index in [1.54, 1.807) is 0 Å². The van der Waals surface area contributed by atoms with E-state index in [2.05, 4.69) is 159 Å². The van der Waals surface area contributed by atoms with E-state index in [-0.39, 0.29) is 21.1 Å². The molecule has 0 radical (unpaired) electrons. The molecule has 4 heteroatoms. The average Bonchev–Trinajstić information content (AvgIpc) is 3.11. The van der Waals surface area contributed by atoms with Crippen molar-refractivity contribution in [1.82, 2.24) is 9.97 Å². The van der Waals surface area contributed by atoms with Gasteiger partial charge in [0.05, 0.1) is 0 Å². The van der Waals surface area contributed by atoms with Crippen LogP contribution < -0.4 is 4.90 Å². The molecular formula is C43H33N3Pt. The SMILES string of the molecule is Cc1cc(C)c(N(c2[c-]c(-c3cc(-c4ccccc4)ccn3)ccc2)c2[c-]c(-c3cc(-c4ccccc4)ccn3)ccc2)c(C)c1.[Pt+2]. The molecule has 0 aliphatic rings. The molecule has 0 bridgehead atoms. The third-order valence-electron chi connectivity index (χ3n) is 8.19. The molecule has 0 spiro atoms. The van der Waals surface area contributed by atoms with E-state index >= 15 is 0 Å². The Kier molecular flexibility index (Phi) is 9.57. The van der Waals surface area contributed by atoms with E-state index in [0.29, 0.717) is 0 Å². The van der Waals surface area contributed by atoms with Crippen molar-refractivity contribution in [3.63, 3.8) is 0 Å². The molecule has 2 aromatic heterocycles. The minimum absolute atomic E-state index is 0. The van der Waals surface area contributed by atoms with Crippen molar-refractivity contribution in [3.8, 4) is 44.8 Å². The maximum absolute atomic E-state index is 4.75. The van der Waals surface area contributed by atoms with E-state index in [4.69, 9.17) is 9.97 Å². The molecule has 5 aromatic carbocycles. The fourth-order valence-corrected chi connectivity index (χ4v) is 6.15. The number of rotatable bonds is 7. The average molecular weight is 787 g/mol. The van der Waals surface area contributed by atoms with Crippen molar-refractivity contribution in [3.05, 3.63) is 175 Å². The standard InChI is InChI=1S/C43H33N3.Pt/c1-30-24-31(2)43(32(3)25-30)46(39-18-10-16-37(26-39)41-28-35(20-22-44-41)33-12-6-4-7-13-33)40-19-11-17-38(27-40)42-29-36(21-23-45-42)34-14-8-5-9-15-34;/h4-25,28-29H,1-3H3;/q-2;+2.